The molecule has 0 aliphatic heterocycles. The van der Waals surface area contributed by atoms with Gasteiger partial charge in [0.05, 0.1) is 21.3 Å². The Morgan fingerprint density at radius 3 is 1.04 bits per heavy atom. The van der Waals surface area contributed by atoms with Crippen molar-refractivity contribution >= 4 is 0 Å². The normalized spacial score (nSPS) is 10.6. The summed E-state index contributed by atoms with van der Waals surface area (Å²) >= 11 is 0. The lowest BCUT2D eigenvalue weighted by Crippen LogP contribution is -2.08. The standard InChI is InChI=1S/C22H22O3/c1-23-19-13-7-4-10-16(19)22(17-11-5-8-14-20(17)24-2)18-12-6-9-15-21(18)25-3/h4-15,22H,1-3H3. The van der Waals surface area contributed by atoms with Gasteiger partial charge in [-0.05, 0) is 18.2 Å². The van der Waals surface area contributed by atoms with Crippen LogP contribution in [0.3, 0.4) is 0 Å². The Hall–Kier alpha value is -2.94. The molecule has 0 spiro atoms. The zero-order valence-electron chi connectivity index (χ0n) is 14.7. The number of hydrogen-bond acceptors (Lipinski definition) is 3. The van der Waals surface area contributed by atoms with E-state index in [9.17, 15) is 0 Å². The van der Waals surface area contributed by atoms with Crippen molar-refractivity contribution in [2.24, 2.45) is 0 Å². The Labute approximate surface area is 148 Å². The van der Waals surface area contributed by atoms with Crippen LogP contribution in [-0.4, -0.2) is 21.3 Å². The molecule has 3 heteroatoms. The van der Waals surface area contributed by atoms with Gasteiger partial charge < -0.3 is 14.2 Å². The largest absolute Gasteiger partial charge is 0.496 e. The van der Waals surface area contributed by atoms with Crippen LogP contribution >= 0.6 is 0 Å². The van der Waals surface area contributed by atoms with Crippen LogP contribution in [0.4, 0.5) is 0 Å². The number of ether oxygens (including phenoxy) is 3. The first-order valence-corrected chi connectivity index (χ1v) is 8.19. The summed E-state index contributed by atoms with van der Waals surface area (Å²) in [6.07, 6.45) is 0. The van der Waals surface area contributed by atoms with Crippen molar-refractivity contribution in [1.82, 2.24) is 0 Å². The minimum Gasteiger partial charge on any atom is -0.496 e. The molecule has 0 fully saturated rings. The topological polar surface area (TPSA) is 27.7 Å². The van der Waals surface area contributed by atoms with Crippen molar-refractivity contribution < 1.29 is 14.2 Å². The molecule has 0 unspecified atom stereocenters. The molecule has 0 aromatic heterocycles. The van der Waals surface area contributed by atoms with Gasteiger partial charge in [-0.1, -0.05) is 54.6 Å². The van der Waals surface area contributed by atoms with Crippen LogP contribution in [0.5, 0.6) is 17.2 Å². The van der Waals surface area contributed by atoms with Gasteiger partial charge in [0.15, 0.2) is 0 Å². The number of hydrogen-bond donors (Lipinski definition) is 0. The van der Waals surface area contributed by atoms with Crippen LogP contribution < -0.4 is 14.2 Å². The Balaban J connectivity index is 2.29. The molecule has 0 amide bonds. The SMILES string of the molecule is COc1ccccc1C(c1ccccc1OC)c1ccccc1OC. The van der Waals surface area contributed by atoms with Crippen molar-refractivity contribution in [3.63, 3.8) is 0 Å². The first-order valence-electron chi connectivity index (χ1n) is 8.19. The van der Waals surface area contributed by atoms with Crippen molar-refractivity contribution in [3.8, 4) is 17.2 Å². The number of para-hydroxylation sites is 3. The summed E-state index contributed by atoms with van der Waals surface area (Å²) in [6.45, 7) is 0. The Bertz CT molecular complexity index is 729. The third-order valence-electron chi connectivity index (χ3n) is 4.35. The lowest BCUT2D eigenvalue weighted by atomic mass is 9.83. The zero-order valence-corrected chi connectivity index (χ0v) is 14.7. The van der Waals surface area contributed by atoms with Crippen LogP contribution in [0, 0.1) is 0 Å². The van der Waals surface area contributed by atoms with Gasteiger partial charge in [0, 0.05) is 22.6 Å². The molecule has 3 rings (SSSR count). The summed E-state index contributed by atoms with van der Waals surface area (Å²) < 4.78 is 16.9. The van der Waals surface area contributed by atoms with E-state index in [2.05, 4.69) is 18.2 Å². The highest BCUT2D eigenvalue weighted by Gasteiger charge is 2.25. The van der Waals surface area contributed by atoms with Crippen molar-refractivity contribution in [3.05, 3.63) is 89.5 Å². The van der Waals surface area contributed by atoms with E-state index < -0.39 is 0 Å². The molecule has 0 radical (unpaired) electrons. The first kappa shape index (κ1) is 16.9. The van der Waals surface area contributed by atoms with Gasteiger partial charge in [-0.3, -0.25) is 0 Å². The molecule has 3 nitrogen and oxygen atoms in total. The molecular formula is C22H22O3. The van der Waals surface area contributed by atoms with E-state index >= 15 is 0 Å². The molecule has 0 saturated carbocycles. The molecule has 0 aliphatic rings. The molecule has 25 heavy (non-hydrogen) atoms. The zero-order chi connectivity index (χ0) is 17.6. The maximum atomic E-state index is 5.63. The minimum absolute atomic E-state index is 0.0663. The van der Waals surface area contributed by atoms with Crippen molar-refractivity contribution in [2.75, 3.05) is 21.3 Å². The summed E-state index contributed by atoms with van der Waals surface area (Å²) in [6, 6.07) is 24.2. The van der Waals surface area contributed by atoms with Gasteiger partial charge in [0.2, 0.25) is 0 Å². The average molecular weight is 334 g/mol. The van der Waals surface area contributed by atoms with E-state index in [0.29, 0.717) is 0 Å². The van der Waals surface area contributed by atoms with Crippen LogP contribution in [0.15, 0.2) is 72.8 Å². The third kappa shape index (κ3) is 3.31. The summed E-state index contributed by atoms with van der Waals surface area (Å²) in [5.41, 5.74) is 3.21. The van der Waals surface area contributed by atoms with Gasteiger partial charge >= 0.3 is 0 Å². The average Bonchev–Trinajstić information content (AvgIpc) is 2.69. The van der Waals surface area contributed by atoms with Gasteiger partial charge in [-0.2, -0.15) is 0 Å². The van der Waals surface area contributed by atoms with E-state index in [0.717, 1.165) is 33.9 Å². The first-order chi connectivity index (χ1) is 12.3. The lowest BCUT2D eigenvalue weighted by Gasteiger charge is -2.24. The molecule has 0 heterocycles. The third-order valence-corrected chi connectivity index (χ3v) is 4.35. The minimum atomic E-state index is -0.0663. The number of methoxy groups -OCH3 is 3. The monoisotopic (exact) mass is 334 g/mol. The molecule has 0 saturated heterocycles. The van der Waals surface area contributed by atoms with E-state index in [4.69, 9.17) is 14.2 Å². The highest BCUT2D eigenvalue weighted by molar-refractivity contribution is 5.56. The molecule has 0 bridgehead atoms. The van der Waals surface area contributed by atoms with Crippen LogP contribution in [0.25, 0.3) is 0 Å². The van der Waals surface area contributed by atoms with E-state index in [-0.39, 0.29) is 5.92 Å². The highest BCUT2D eigenvalue weighted by atomic mass is 16.5. The molecule has 0 N–H and O–H groups in total. The van der Waals surface area contributed by atoms with E-state index in [1.807, 2.05) is 54.6 Å². The van der Waals surface area contributed by atoms with Gasteiger partial charge in [0.1, 0.15) is 17.2 Å². The van der Waals surface area contributed by atoms with Gasteiger partial charge in [-0.25, -0.2) is 0 Å². The summed E-state index contributed by atoms with van der Waals surface area (Å²) in [5, 5.41) is 0. The van der Waals surface area contributed by atoms with Crippen molar-refractivity contribution in [1.29, 1.82) is 0 Å². The maximum absolute atomic E-state index is 5.63. The fraction of sp³-hybridized carbons (Fsp3) is 0.182. The Morgan fingerprint density at radius 2 is 0.760 bits per heavy atom. The molecular weight excluding hydrogens is 312 g/mol. The van der Waals surface area contributed by atoms with Gasteiger partial charge in [0.25, 0.3) is 0 Å². The summed E-state index contributed by atoms with van der Waals surface area (Å²) in [5.74, 6) is 2.45. The molecule has 0 atom stereocenters. The second-order valence-electron chi connectivity index (χ2n) is 5.66. The molecule has 3 aromatic rings. The summed E-state index contributed by atoms with van der Waals surface area (Å²) in [7, 11) is 5.08. The van der Waals surface area contributed by atoms with E-state index in [1.54, 1.807) is 21.3 Å². The quantitative estimate of drug-likeness (QED) is 0.601. The number of benzene rings is 3. The van der Waals surface area contributed by atoms with Crippen LogP contribution in [0.2, 0.25) is 0 Å². The van der Waals surface area contributed by atoms with Gasteiger partial charge in [-0.15, -0.1) is 0 Å². The highest BCUT2D eigenvalue weighted by Crippen LogP contribution is 2.43. The Kier molecular flexibility index (Phi) is 5.24. The second kappa shape index (κ2) is 7.75. The summed E-state index contributed by atoms with van der Waals surface area (Å²) in [4.78, 5) is 0. The fourth-order valence-electron chi connectivity index (χ4n) is 3.22. The molecule has 128 valence electrons. The molecule has 0 aliphatic carbocycles. The van der Waals surface area contributed by atoms with Crippen LogP contribution in [-0.2, 0) is 0 Å². The second-order valence-corrected chi connectivity index (χ2v) is 5.66. The van der Waals surface area contributed by atoms with E-state index in [1.165, 1.54) is 0 Å². The molecule has 3 aromatic carbocycles. The fourth-order valence-corrected chi connectivity index (χ4v) is 3.22. The predicted octanol–water partition coefficient (Wildman–Crippen LogP) is 4.89. The van der Waals surface area contributed by atoms with Crippen LogP contribution in [0.1, 0.15) is 22.6 Å². The number of rotatable bonds is 6. The van der Waals surface area contributed by atoms with Crippen molar-refractivity contribution in [2.45, 2.75) is 5.92 Å². The Morgan fingerprint density at radius 1 is 0.480 bits per heavy atom. The predicted molar refractivity (Wildman–Crippen MR) is 99.9 cm³/mol. The lowest BCUT2D eigenvalue weighted by molar-refractivity contribution is 0.396. The smallest absolute Gasteiger partial charge is 0.123 e. The maximum Gasteiger partial charge on any atom is 0.123 e.